The van der Waals surface area contributed by atoms with Gasteiger partial charge in [0.1, 0.15) is 11.6 Å². The molecule has 0 bridgehead atoms. The van der Waals surface area contributed by atoms with Crippen LogP contribution in [0.4, 0.5) is 10.1 Å². The first-order valence-electron chi connectivity index (χ1n) is 8.80. The van der Waals surface area contributed by atoms with Gasteiger partial charge < -0.3 is 14.3 Å². The zero-order valence-electron chi connectivity index (χ0n) is 15.7. The van der Waals surface area contributed by atoms with Gasteiger partial charge in [0.15, 0.2) is 10.9 Å². The van der Waals surface area contributed by atoms with Gasteiger partial charge in [-0.2, -0.15) is 0 Å². The molecule has 146 valence electrons. The molecule has 0 aliphatic carbocycles. The Labute approximate surface area is 170 Å². The number of oxazole rings is 1. The lowest BCUT2D eigenvalue weighted by Gasteiger charge is -2.10. The van der Waals surface area contributed by atoms with E-state index in [1.807, 2.05) is 48.1 Å². The highest BCUT2D eigenvalue weighted by atomic mass is 32.2. The first kappa shape index (κ1) is 18.9. The molecule has 29 heavy (non-hydrogen) atoms. The van der Waals surface area contributed by atoms with Gasteiger partial charge in [0, 0.05) is 29.9 Å². The molecule has 0 radical (unpaired) electrons. The van der Waals surface area contributed by atoms with Crippen LogP contribution in [0.5, 0.6) is 0 Å². The fraction of sp³-hybridized carbons (Fsp3) is 0.0952. The highest BCUT2D eigenvalue weighted by molar-refractivity contribution is 7.99. The Balaban J connectivity index is 1.61. The molecule has 2 aromatic carbocycles. The largest absolute Gasteiger partial charge is 0.441 e. The summed E-state index contributed by atoms with van der Waals surface area (Å²) in [7, 11) is 1.86. The van der Waals surface area contributed by atoms with Gasteiger partial charge >= 0.3 is 0 Å². The molecule has 8 heteroatoms. The lowest BCUT2D eigenvalue weighted by Crippen LogP contribution is -2.14. The topological polar surface area (TPSA) is 73.0 Å². The number of amides is 1. The van der Waals surface area contributed by atoms with Crippen LogP contribution in [0.2, 0.25) is 0 Å². The van der Waals surface area contributed by atoms with E-state index < -0.39 is 11.7 Å². The maximum Gasteiger partial charge on any atom is 0.277 e. The van der Waals surface area contributed by atoms with Crippen LogP contribution in [0.3, 0.4) is 0 Å². The Bertz CT molecular complexity index is 1170. The van der Waals surface area contributed by atoms with Crippen molar-refractivity contribution < 1.29 is 13.6 Å². The zero-order valence-corrected chi connectivity index (χ0v) is 16.5. The van der Waals surface area contributed by atoms with E-state index in [0.29, 0.717) is 22.2 Å². The van der Waals surface area contributed by atoms with E-state index in [-0.39, 0.29) is 5.69 Å². The third-order valence-electron chi connectivity index (χ3n) is 4.20. The predicted octanol–water partition coefficient (Wildman–Crippen LogP) is 4.93. The van der Waals surface area contributed by atoms with Gasteiger partial charge in [-0.05, 0) is 49.0 Å². The molecule has 0 fully saturated rings. The van der Waals surface area contributed by atoms with Gasteiger partial charge in [0.25, 0.3) is 5.91 Å². The number of benzene rings is 2. The molecule has 0 saturated carbocycles. The quantitative estimate of drug-likeness (QED) is 0.507. The summed E-state index contributed by atoms with van der Waals surface area (Å²) in [6.07, 6.45) is 3.49. The number of halogens is 1. The summed E-state index contributed by atoms with van der Waals surface area (Å²) in [4.78, 5) is 22.1. The molecule has 0 saturated heterocycles. The van der Waals surface area contributed by atoms with E-state index in [1.165, 1.54) is 23.9 Å². The molecule has 0 atom stereocenters. The van der Waals surface area contributed by atoms with Crippen LogP contribution in [0.25, 0.3) is 11.5 Å². The number of hydrogen-bond acceptors (Lipinski definition) is 5. The van der Waals surface area contributed by atoms with E-state index in [9.17, 15) is 9.18 Å². The van der Waals surface area contributed by atoms with Crippen molar-refractivity contribution >= 4 is 23.4 Å². The molecule has 2 heterocycles. The number of anilines is 1. The van der Waals surface area contributed by atoms with Crippen LogP contribution >= 0.6 is 11.8 Å². The monoisotopic (exact) mass is 408 g/mol. The Hall–Kier alpha value is -3.39. The van der Waals surface area contributed by atoms with Crippen molar-refractivity contribution in [1.29, 1.82) is 0 Å². The SMILES string of the molecule is Cc1oc(-c2ccccc2)nc1C(=O)Nc1cc(F)ccc1Sc1nccn1C. The van der Waals surface area contributed by atoms with Crippen molar-refractivity contribution in [2.45, 2.75) is 17.0 Å². The number of carbonyl (C=O) groups excluding carboxylic acids is 1. The van der Waals surface area contributed by atoms with Crippen LogP contribution in [0.1, 0.15) is 16.2 Å². The molecule has 4 rings (SSSR count). The molecule has 0 aliphatic rings. The standard InChI is InChI=1S/C21H17FN4O2S/c1-13-18(25-20(28-13)14-6-4-3-5-7-14)19(27)24-16-12-15(22)8-9-17(16)29-21-23-10-11-26(21)2/h3-12H,1-2H3,(H,24,27). The number of imidazole rings is 1. The average molecular weight is 408 g/mol. The van der Waals surface area contributed by atoms with Crippen molar-refractivity contribution in [2.24, 2.45) is 7.05 Å². The van der Waals surface area contributed by atoms with Gasteiger partial charge in [-0.1, -0.05) is 18.2 Å². The van der Waals surface area contributed by atoms with Crippen molar-refractivity contribution in [3.63, 3.8) is 0 Å². The van der Waals surface area contributed by atoms with E-state index in [1.54, 1.807) is 19.2 Å². The Morgan fingerprint density at radius 3 is 2.72 bits per heavy atom. The molecule has 0 unspecified atom stereocenters. The molecule has 6 nitrogen and oxygen atoms in total. The first-order chi connectivity index (χ1) is 14.0. The summed E-state index contributed by atoms with van der Waals surface area (Å²) in [5.74, 6) is -0.182. The Morgan fingerprint density at radius 1 is 1.21 bits per heavy atom. The second kappa shape index (κ2) is 7.92. The van der Waals surface area contributed by atoms with Gasteiger partial charge in [0.05, 0.1) is 5.69 Å². The van der Waals surface area contributed by atoms with Crippen molar-refractivity contribution in [3.05, 3.63) is 78.2 Å². The molecule has 1 N–H and O–H groups in total. The van der Waals surface area contributed by atoms with Gasteiger partial charge in [-0.3, -0.25) is 4.79 Å². The smallest absolute Gasteiger partial charge is 0.277 e. The predicted molar refractivity (Wildman–Crippen MR) is 108 cm³/mol. The van der Waals surface area contributed by atoms with Crippen LogP contribution < -0.4 is 5.32 Å². The summed E-state index contributed by atoms with van der Waals surface area (Å²) < 4.78 is 21.3. The molecule has 0 aliphatic heterocycles. The molecular weight excluding hydrogens is 391 g/mol. The second-order valence-electron chi connectivity index (χ2n) is 6.31. The Morgan fingerprint density at radius 2 is 2.00 bits per heavy atom. The van der Waals surface area contributed by atoms with Gasteiger partial charge in [-0.25, -0.2) is 14.4 Å². The molecular formula is C21H17FN4O2S. The minimum atomic E-state index is -0.472. The van der Waals surface area contributed by atoms with Crippen LogP contribution in [-0.2, 0) is 7.05 Å². The Kier molecular flexibility index (Phi) is 5.18. The van der Waals surface area contributed by atoms with Crippen molar-refractivity contribution in [3.8, 4) is 11.5 Å². The summed E-state index contributed by atoms with van der Waals surface area (Å²) in [5, 5.41) is 3.46. The maximum atomic E-state index is 13.8. The highest BCUT2D eigenvalue weighted by Gasteiger charge is 2.20. The first-order valence-corrected chi connectivity index (χ1v) is 9.62. The van der Waals surface area contributed by atoms with E-state index in [0.717, 1.165) is 10.7 Å². The number of nitrogens with zero attached hydrogens (tertiary/aromatic N) is 3. The summed E-state index contributed by atoms with van der Waals surface area (Å²) in [6.45, 7) is 1.67. The van der Waals surface area contributed by atoms with Crippen molar-refractivity contribution in [2.75, 3.05) is 5.32 Å². The van der Waals surface area contributed by atoms with E-state index in [4.69, 9.17) is 4.42 Å². The van der Waals surface area contributed by atoms with Crippen molar-refractivity contribution in [1.82, 2.24) is 14.5 Å². The number of rotatable bonds is 5. The summed E-state index contributed by atoms with van der Waals surface area (Å²) in [6, 6.07) is 13.5. The van der Waals surface area contributed by atoms with Crippen LogP contribution in [0, 0.1) is 12.7 Å². The maximum absolute atomic E-state index is 13.8. The third kappa shape index (κ3) is 4.07. The lowest BCUT2D eigenvalue weighted by molar-refractivity contribution is 0.102. The number of aromatic nitrogens is 3. The molecule has 0 spiro atoms. The zero-order chi connectivity index (χ0) is 20.4. The third-order valence-corrected chi connectivity index (χ3v) is 5.35. The minimum absolute atomic E-state index is 0.154. The summed E-state index contributed by atoms with van der Waals surface area (Å²) >= 11 is 1.33. The van der Waals surface area contributed by atoms with Crippen LogP contribution in [0.15, 0.2) is 75.4 Å². The number of aryl methyl sites for hydroxylation is 2. The number of carbonyl (C=O) groups is 1. The minimum Gasteiger partial charge on any atom is -0.441 e. The van der Waals surface area contributed by atoms with Gasteiger partial charge in [-0.15, -0.1) is 0 Å². The normalized spacial score (nSPS) is 10.9. The summed E-state index contributed by atoms with van der Waals surface area (Å²) in [5.41, 5.74) is 1.26. The fourth-order valence-electron chi connectivity index (χ4n) is 2.73. The molecule has 4 aromatic rings. The number of hydrogen-bond donors (Lipinski definition) is 1. The molecule has 2 aromatic heterocycles. The van der Waals surface area contributed by atoms with E-state index in [2.05, 4.69) is 15.3 Å². The average Bonchev–Trinajstić information content (AvgIpc) is 3.30. The van der Waals surface area contributed by atoms with Gasteiger partial charge in [0.2, 0.25) is 5.89 Å². The number of nitrogens with one attached hydrogen (secondary N) is 1. The highest BCUT2D eigenvalue weighted by Crippen LogP contribution is 2.33. The molecule has 1 amide bonds. The second-order valence-corrected chi connectivity index (χ2v) is 7.32. The van der Waals surface area contributed by atoms with E-state index >= 15 is 0 Å². The fourth-order valence-corrected chi connectivity index (χ4v) is 3.60. The van der Waals surface area contributed by atoms with Crippen LogP contribution in [-0.4, -0.2) is 20.4 Å². The lowest BCUT2D eigenvalue weighted by atomic mass is 10.2.